The van der Waals surface area contributed by atoms with Gasteiger partial charge in [-0.15, -0.1) is 0 Å². The van der Waals surface area contributed by atoms with Crippen LogP contribution < -0.4 is 11.1 Å². The predicted octanol–water partition coefficient (Wildman–Crippen LogP) is 3.38. The van der Waals surface area contributed by atoms with Gasteiger partial charge in [0, 0.05) is 17.4 Å². The molecule has 0 aliphatic rings. The van der Waals surface area contributed by atoms with Gasteiger partial charge in [-0.25, -0.2) is 0 Å². The second kappa shape index (κ2) is 6.58. The third-order valence-electron chi connectivity index (χ3n) is 3.94. The third-order valence-corrected chi connectivity index (χ3v) is 3.94. The lowest BCUT2D eigenvalue weighted by molar-refractivity contribution is 0.102. The summed E-state index contributed by atoms with van der Waals surface area (Å²) in [6.07, 6.45) is 3.46. The van der Waals surface area contributed by atoms with E-state index in [9.17, 15) is 4.79 Å². The van der Waals surface area contributed by atoms with Crippen LogP contribution in [0.2, 0.25) is 0 Å². The molecule has 0 bridgehead atoms. The number of nitrogen functional groups attached to an aromatic ring is 1. The predicted molar refractivity (Wildman–Crippen MR) is 96.1 cm³/mol. The Labute approximate surface area is 141 Å². The van der Waals surface area contributed by atoms with Gasteiger partial charge < -0.3 is 11.1 Å². The van der Waals surface area contributed by atoms with Crippen LogP contribution in [0, 0.1) is 13.8 Å². The lowest BCUT2D eigenvalue weighted by Crippen LogP contribution is -2.14. The number of nitrogens with two attached hydrogens (primary N) is 1. The summed E-state index contributed by atoms with van der Waals surface area (Å²) < 4.78 is 1.79. The molecule has 0 aliphatic heterocycles. The molecule has 3 aromatic rings. The monoisotopic (exact) mass is 320 g/mol. The summed E-state index contributed by atoms with van der Waals surface area (Å²) in [5.41, 5.74) is 10.8. The van der Waals surface area contributed by atoms with Gasteiger partial charge in [0.2, 0.25) is 0 Å². The molecule has 1 heterocycles. The zero-order valence-electron chi connectivity index (χ0n) is 13.8. The van der Waals surface area contributed by atoms with E-state index in [1.807, 2.05) is 56.4 Å². The standard InChI is InChI=1S/C19H20N4O/c1-13-8-14(2)18(20)9-17(13)19(24)22-16-10-21-23(12-16)11-15-6-4-3-5-7-15/h3-10,12H,11,20H2,1-2H3,(H,22,24). The van der Waals surface area contributed by atoms with Crippen molar-refractivity contribution < 1.29 is 4.79 Å². The Balaban J connectivity index is 1.73. The van der Waals surface area contributed by atoms with Crippen LogP contribution in [0.1, 0.15) is 27.0 Å². The number of carbonyl (C=O) groups excluding carboxylic acids is 1. The number of carbonyl (C=O) groups is 1. The number of aromatic nitrogens is 2. The zero-order chi connectivity index (χ0) is 17.1. The number of nitrogens with one attached hydrogen (secondary N) is 1. The van der Waals surface area contributed by atoms with Crippen molar-refractivity contribution >= 4 is 17.3 Å². The molecule has 0 unspecified atom stereocenters. The fourth-order valence-corrected chi connectivity index (χ4v) is 2.60. The molecule has 2 aromatic carbocycles. The number of anilines is 2. The van der Waals surface area contributed by atoms with E-state index in [0.29, 0.717) is 23.5 Å². The number of benzene rings is 2. The Hall–Kier alpha value is -3.08. The van der Waals surface area contributed by atoms with Crippen molar-refractivity contribution in [3.8, 4) is 0 Å². The van der Waals surface area contributed by atoms with Crippen molar-refractivity contribution in [2.45, 2.75) is 20.4 Å². The van der Waals surface area contributed by atoms with Gasteiger partial charge in [-0.3, -0.25) is 9.48 Å². The molecule has 5 nitrogen and oxygen atoms in total. The maximum absolute atomic E-state index is 12.5. The summed E-state index contributed by atoms with van der Waals surface area (Å²) in [7, 11) is 0. The van der Waals surface area contributed by atoms with Crippen molar-refractivity contribution in [3.63, 3.8) is 0 Å². The van der Waals surface area contributed by atoms with Crippen LogP contribution in [0.4, 0.5) is 11.4 Å². The molecule has 122 valence electrons. The van der Waals surface area contributed by atoms with Gasteiger partial charge in [0.05, 0.1) is 18.4 Å². The van der Waals surface area contributed by atoms with Crippen LogP contribution >= 0.6 is 0 Å². The van der Waals surface area contributed by atoms with Gasteiger partial charge in [0.25, 0.3) is 5.91 Å². The topological polar surface area (TPSA) is 72.9 Å². The largest absolute Gasteiger partial charge is 0.398 e. The molecular weight excluding hydrogens is 300 g/mol. The smallest absolute Gasteiger partial charge is 0.256 e. The maximum atomic E-state index is 12.5. The average molecular weight is 320 g/mol. The van der Waals surface area contributed by atoms with E-state index >= 15 is 0 Å². The van der Waals surface area contributed by atoms with Gasteiger partial charge in [-0.05, 0) is 36.6 Å². The van der Waals surface area contributed by atoms with Gasteiger partial charge in [-0.1, -0.05) is 36.4 Å². The first-order valence-electron chi connectivity index (χ1n) is 7.77. The van der Waals surface area contributed by atoms with Gasteiger partial charge in [-0.2, -0.15) is 5.10 Å². The Kier molecular flexibility index (Phi) is 4.33. The highest BCUT2D eigenvalue weighted by atomic mass is 16.1. The highest BCUT2D eigenvalue weighted by Crippen LogP contribution is 2.19. The van der Waals surface area contributed by atoms with Crippen molar-refractivity contribution in [1.82, 2.24) is 9.78 Å². The normalized spacial score (nSPS) is 10.6. The van der Waals surface area contributed by atoms with Crippen molar-refractivity contribution in [2.75, 3.05) is 11.1 Å². The van der Waals surface area contributed by atoms with Gasteiger partial charge in [0.1, 0.15) is 0 Å². The lowest BCUT2D eigenvalue weighted by Gasteiger charge is -2.09. The first-order valence-corrected chi connectivity index (χ1v) is 7.77. The minimum Gasteiger partial charge on any atom is -0.398 e. The fraction of sp³-hybridized carbons (Fsp3) is 0.158. The van der Waals surface area contributed by atoms with Crippen molar-refractivity contribution in [2.24, 2.45) is 0 Å². The molecule has 3 N–H and O–H groups in total. The molecule has 24 heavy (non-hydrogen) atoms. The van der Waals surface area contributed by atoms with E-state index < -0.39 is 0 Å². The van der Waals surface area contributed by atoms with Crippen LogP contribution in [0.15, 0.2) is 54.9 Å². The van der Waals surface area contributed by atoms with Crippen LogP contribution in [0.25, 0.3) is 0 Å². The molecule has 1 amide bonds. The fourth-order valence-electron chi connectivity index (χ4n) is 2.60. The SMILES string of the molecule is Cc1cc(C)c(C(=O)Nc2cnn(Cc3ccccc3)c2)cc1N. The lowest BCUT2D eigenvalue weighted by atomic mass is 10.0. The van der Waals surface area contributed by atoms with Crippen molar-refractivity contribution in [3.05, 3.63) is 77.1 Å². The molecule has 0 radical (unpaired) electrons. The number of aryl methyl sites for hydroxylation is 2. The molecule has 5 heteroatoms. The second-order valence-corrected chi connectivity index (χ2v) is 5.89. The van der Waals surface area contributed by atoms with Gasteiger partial charge >= 0.3 is 0 Å². The average Bonchev–Trinajstić information content (AvgIpc) is 2.98. The third kappa shape index (κ3) is 3.46. The van der Waals surface area contributed by atoms with Crippen LogP contribution in [-0.4, -0.2) is 15.7 Å². The van der Waals surface area contributed by atoms with Crippen LogP contribution in [-0.2, 0) is 6.54 Å². The summed E-state index contributed by atoms with van der Waals surface area (Å²) in [6, 6.07) is 13.7. The van der Waals surface area contributed by atoms with Crippen LogP contribution in [0.5, 0.6) is 0 Å². The Morgan fingerprint density at radius 2 is 1.92 bits per heavy atom. The molecule has 1 aromatic heterocycles. The number of rotatable bonds is 4. The highest BCUT2D eigenvalue weighted by Gasteiger charge is 2.12. The quantitative estimate of drug-likeness (QED) is 0.724. The Bertz CT molecular complexity index is 868. The van der Waals surface area contributed by atoms with E-state index in [2.05, 4.69) is 10.4 Å². The van der Waals surface area contributed by atoms with Crippen molar-refractivity contribution in [1.29, 1.82) is 0 Å². The molecule has 3 rings (SSSR count). The van der Waals surface area contributed by atoms with Crippen LogP contribution in [0.3, 0.4) is 0 Å². The minimum atomic E-state index is -0.182. The summed E-state index contributed by atoms with van der Waals surface area (Å²) in [5, 5.41) is 7.16. The number of hydrogen-bond acceptors (Lipinski definition) is 3. The molecular formula is C19H20N4O. The van der Waals surface area contributed by atoms with E-state index in [0.717, 1.165) is 16.7 Å². The number of amides is 1. The highest BCUT2D eigenvalue weighted by molar-refractivity contribution is 6.05. The van der Waals surface area contributed by atoms with E-state index in [4.69, 9.17) is 5.73 Å². The second-order valence-electron chi connectivity index (χ2n) is 5.89. The first-order chi connectivity index (χ1) is 11.5. The van der Waals surface area contributed by atoms with Gasteiger partial charge in [0.15, 0.2) is 0 Å². The maximum Gasteiger partial charge on any atom is 0.256 e. The summed E-state index contributed by atoms with van der Waals surface area (Å²) in [5.74, 6) is -0.182. The zero-order valence-corrected chi connectivity index (χ0v) is 13.8. The van der Waals surface area contributed by atoms with E-state index in [1.54, 1.807) is 16.9 Å². The molecule has 0 aliphatic carbocycles. The molecule has 0 spiro atoms. The first kappa shape index (κ1) is 15.8. The summed E-state index contributed by atoms with van der Waals surface area (Å²) in [6.45, 7) is 4.49. The van der Waals surface area contributed by atoms with E-state index in [-0.39, 0.29) is 5.91 Å². The number of hydrogen-bond donors (Lipinski definition) is 2. The van der Waals surface area contributed by atoms with E-state index in [1.165, 1.54) is 0 Å². The minimum absolute atomic E-state index is 0.182. The Morgan fingerprint density at radius 1 is 1.17 bits per heavy atom. The Morgan fingerprint density at radius 3 is 2.67 bits per heavy atom. The summed E-state index contributed by atoms with van der Waals surface area (Å²) in [4.78, 5) is 12.5. The molecule has 0 atom stereocenters. The molecule has 0 saturated heterocycles. The number of nitrogens with zero attached hydrogens (tertiary/aromatic N) is 2. The molecule has 0 saturated carbocycles. The summed E-state index contributed by atoms with van der Waals surface area (Å²) >= 11 is 0. The molecule has 0 fully saturated rings.